The van der Waals surface area contributed by atoms with E-state index in [-0.39, 0.29) is 30.6 Å². The van der Waals surface area contributed by atoms with Crippen LogP contribution in [0.25, 0.3) is 0 Å². The predicted molar refractivity (Wildman–Crippen MR) is 91.6 cm³/mol. The second-order valence-electron chi connectivity index (χ2n) is 6.52. The van der Waals surface area contributed by atoms with E-state index >= 15 is 0 Å². The first-order valence-electron chi connectivity index (χ1n) is 8.35. The highest BCUT2D eigenvalue weighted by Crippen LogP contribution is 2.18. The molecular formula is C17H28N4O2. The van der Waals surface area contributed by atoms with Crippen LogP contribution in [0.5, 0.6) is 0 Å². The van der Waals surface area contributed by atoms with Gasteiger partial charge in [-0.3, -0.25) is 0 Å². The van der Waals surface area contributed by atoms with Crippen molar-refractivity contribution in [3.8, 4) is 0 Å². The number of aromatic nitrogens is 1. The zero-order chi connectivity index (χ0) is 16.8. The first-order valence-corrected chi connectivity index (χ1v) is 8.35. The molecular weight excluding hydrogens is 292 g/mol. The van der Waals surface area contributed by atoms with Crippen LogP contribution in [-0.2, 0) is 0 Å². The number of pyridine rings is 1. The number of aliphatic hydroxyl groups excluding tert-OH is 1. The number of hydrogen-bond donors (Lipinski definition) is 3. The number of carbonyl (C=O) groups excluding carboxylic acids is 1. The molecule has 1 aromatic rings. The summed E-state index contributed by atoms with van der Waals surface area (Å²) in [4.78, 5) is 18.7. The highest BCUT2D eigenvalue weighted by Gasteiger charge is 2.22. The van der Waals surface area contributed by atoms with Gasteiger partial charge in [0.2, 0.25) is 0 Å². The van der Waals surface area contributed by atoms with Gasteiger partial charge in [0.1, 0.15) is 5.82 Å². The molecule has 1 saturated heterocycles. The molecule has 1 aliphatic rings. The lowest BCUT2D eigenvalue weighted by Crippen LogP contribution is -2.51. The summed E-state index contributed by atoms with van der Waals surface area (Å²) in [5, 5.41) is 15.0. The Labute approximate surface area is 138 Å². The zero-order valence-corrected chi connectivity index (χ0v) is 14.2. The molecule has 0 saturated carbocycles. The summed E-state index contributed by atoms with van der Waals surface area (Å²) >= 11 is 0. The quantitative estimate of drug-likeness (QED) is 0.771. The fourth-order valence-electron chi connectivity index (χ4n) is 2.63. The van der Waals surface area contributed by atoms with Crippen molar-refractivity contribution in [2.75, 3.05) is 24.6 Å². The van der Waals surface area contributed by atoms with Crippen LogP contribution in [0, 0.1) is 12.8 Å². The second kappa shape index (κ2) is 8.15. The van der Waals surface area contributed by atoms with E-state index in [1.807, 2.05) is 33.0 Å². The van der Waals surface area contributed by atoms with Crippen molar-refractivity contribution in [1.82, 2.24) is 15.6 Å². The number of hydrogen-bond acceptors (Lipinski definition) is 4. The van der Waals surface area contributed by atoms with Crippen LogP contribution in [-0.4, -0.2) is 47.9 Å². The summed E-state index contributed by atoms with van der Waals surface area (Å²) in [6, 6.07) is 4.12. The van der Waals surface area contributed by atoms with Crippen molar-refractivity contribution in [3.05, 3.63) is 23.9 Å². The molecule has 0 bridgehead atoms. The largest absolute Gasteiger partial charge is 0.396 e. The van der Waals surface area contributed by atoms with E-state index in [1.165, 1.54) is 0 Å². The van der Waals surface area contributed by atoms with Crippen LogP contribution in [0.3, 0.4) is 0 Å². The SMILES string of the molecule is Cc1ccc(N2CCC(NC(=O)NC(C)C(C)CO)CC2)nc1. The number of piperidine rings is 1. The Hall–Kier alpha value is -1.82. The molecule has 0 aliphatic carbocycles. The zero-order valence-electron chi connectivity index (χ0n) is 14.2. The maximum atomic E-state index is 12.0. The van der Waals surface area contributed by atoms with Gasteiger partial charge in [-0.2, -0.15) is 0 Å². The maximum Gasteiger partial charge on any atom is 0.315 e. The summed E-state index contributed by atoms with van der Waals surface area (Å²) in [6.07, 6.45) is 3.71. The number of aliphatic hydroxyl groups is 1. The Morgan fingerprint density at radius 2 is 2.09 bits per heavy atom. The predicted octanol–water partition coefficient (Wildman–Crippen LogP) is 1.67. The molecule has 0 radical (unpaired) electrons. The average molecular weight is 320 g/mol. The van der Waals surface area contributed by atoms with Crippen molar-refractivity contribution >= 4 is 11.8 Å². The van der Waals surface area contributed by atoms with Crippen LogP contribution >= 0.6 is 0 Å². The third kappa shape index (κ3) is 5.10. The molecule has 1 aromatic heterocycles. The van der Waals surface area contributed by atoms with E-state index < -0.39 is 0 Å². The van der Waals surface area contributed by atoms with Gasteiger partial charge in [-0.05, 0) is 44.2 Å². The molecule has 2 atom stereocenters. The van der Waals surface area contributed by atoms with Gasteiger partial charge in [-0.15, -0.1) is 0 Å². The summed E-state index contributed by atoms with van der Waals surface area (Å²) < 4.78 is 0. The van der Waals surface area contributed by atoms with Gasteiger partial charge in [0, 0.05) is 38.0 Å². The molecule has 0 aromatic carbocycles. The number of aryl methyl sites for hydroxylation is 1. The highest BCUT2D eigenvalue weighted by atomic mass is 16.3. The second-order valence-corrected chi connectivity index (χ2v) is 6.52. The number of anilines is 1. The molecule has 1 aliphatic heterocycles. The lowest BCUT2D eigenvalue weighted by atomic mass is 10.0. The Balaban J connectivity index is 1.76. The van der Waals surface area contributed by atoms with Crippen LogP contribution < -0.4 is 15.5 Å². The van der Waals surface area contributed by atoms with Gasteiger partial charge in [-0.25, -0.2) is 9.78 Å². The molecule has 2 amide bonds. The standard InChI is InChI=1S/C17H28N4O2/c1-12-4-5-16(18-10-12)21-8-6-15(7-9-21)20-17(23)19-14(3)13(2)11-22/h4-5,10,13-15,22H,6-9,11H2,1-3H3,(H2,19,20,23). The third-order valence-electron chi connectivity index (χ3n) is 4.55. The normalized spacial score (nSPS) is 18.3. The molecule has 6 nitrogen and oxygen atoms in total. The smallest absolute Gasteiger partial charge is 0.315 e. The van der Waals surface area contributed by atoms with E-state index in [9.17, 15) is 4.79 Å². The highest BCUT2D eigenvalue weighted by molar-refractivity contribution is 5.74. The minimum atomic E-state index is -0.148. The minimum Gasteiger partial charge on any atom is -0.396 e. The van der Waals surface area contributed by atoms with Crippen molar-refractivity contribution in [1.29, 1.82) is 0 Å². The van der Waals surface area contributed by atoms with Crippen LogP contribution in [0.2, 0.25) is 0 Å². The first-order chi connectivity index (χ1) is 11.0. The van der Waals surface area contributed by atoms with Gasteiger partial charge in [0.25, 0.3) is 0 Å². The van der Waals surface area contributed by atoms with Crippen LogP contribution in [0.1, 0.15) is 32.3 Å². The van der Waals surface area contributed by atoms with Gasteiger partial charge in [0.15, 0.2) is 0 Å². The maximum absolute atomic E-state index is 12.0. The van der Waals surface area contributed by atoms with Crippen molar-refractivity contribution in [2.24, 2.45) is 5.92 Å². The van der Waals surface area contributed by atoms with E-state index in [4.69, 9.17) is 5.11 Å². The summed E-state index contributed by atoms with van der Waals surface area (Å²) in [5.41, 5.74) is 1.16. The van der Waals surface area contributed by atoms with Crippen molar-refractivity contribution in [3.63, 3.8) is 0 Å². The van der Waals surface area contributed by atoms with Crippen LogP contribution in [0.15, 0.2) is 18.3 Å². The molecule has 128 valence electrons. The van der Waals surface area contributed by atoms with Gasteiger partial charge in [0.05, 0.1) is 0 Å². The molecule has 1 fully saturated rings. The van der Waals surface area contributed by atoms with Gasteiger partial charge in [-0.1, -0.05) is 13.0 Å². The Morgan fingerprint density at radius 3 is 2.65 bits per heavy atom. The Morgan fingerprint density at radius 1 is 1.39 bits per heavy atom. The molecule has 3 N–H and O–H groups in total. The van der Waals surface area contributed by atoms with E-state index in [2.05, 4.69) is 26.6 Å². The van der Waals surface area contributed by atoms with Crippen LogP contribution in [0.4, 0.5) is 10.6 Å². The van der Waals surface area contributed by atoms with E-state index in [0.29, 0.717) is 0 Å². The number of rotatable bonds is 5. The third-order valence-corrected chi connectivity index (χ3v) is 4.55. The topological polar surface area (TPSA) is 77.5 Å². The minimum absolute atomic E-state index is 0.0446. The number of urea groups is 1. The Kier molecular flexibility index (Phi) is 6.21. The fourth-order valence-corrected chi connectivity index (χ4v) is 2.63. The monoisotopic (exact) mass is 320 g/mol. The van der Waals surface area contributed by atoms with E-state index in [1.54, 1.807) is 0 Å². The first kappa shape index (κ1) is 17.5. The molecule has 0 spiro atoms. The lowest BCUT2D eigenvalue weighted by Gasteiger charge is -2.33. The van der Waals surface area contributed by atoms with E-state index in [0.717, 1.165) is 37.3 Å². The number of nitrogens with one attached hydrogen (secondary N) is 2. The molecule has 2 heterocycles. The molecule has 2 unspecified atom stereocenters. The molecule has 6 heteroatoms. The average Bonchev–Trinajstić information content (AvgIpc) is 2.55. The summed E-state index contributed by atoms with van der Waals surface area (Å²) in [7, 11) is 0. The van der Waals surface area contributed by atoms with Crippen molar-refractivity contribution in [2.45, 2.75) is 45.7 Å². The number of nitrogens with zero attached hydrogens (tertiary/aromatic N) is 2. The Bertz CT molecular complexity index is 498. The van der Waals surface area contributed by atoms with Gasteiger partial charge < -0.3 is 20.6 Å². The lowest BCUT2D eigenvalue weighted by molar-refractivity contribution is 0.198. The summed E-state index contributed by atoms with van der Waals surface area (Å²) in [5.74, 6) is 1.05. The van der Waals surface area contributed by atoms with Crippen molar-refractivity contribution < 1.29 is 9.90 Å². The van der Waals surface area contributed by atoms with Gasteiger partial charge >= 0.3 is 6.03 Å². The number of amides is 2. The number of carbonyl (C=O) groups is 1. The fraction of sp³-hybridized carbons (Fsp3) is 0.647. The summed E-state index contributed by atoms with van der Waals surface area (Å²) in [6.45, 7) is 7.71. The molecule has 23 heavy (non-hydrogen) atoms. The molecule has 2 rings (SSSR count).